The first-order valence-corrected chi connectivity index (χ1v) is 10.1. The van der Waals surface area contributed by atoms with Crippen LogP contribution in [0.15, 0.2) is 35.7 Å². The summed E-state index contributed by atoms with van der Waals surface area (Å²) in [6.07, 6.45) is 2.23. The van der Waals surface area contributed by atoms with E-state index in [1.165, 1.54) is 15.3 Å². The van der Waals surface area contributed by atoms with Gasteiger partial charge in [-0.1, -0.05) is 6.92 Å². The highest BCUT2D eigenvalue weighted by Crippen LogP contribution is 2.26. The first-order valence-electron chi connectivity index (χ1n) is 8.79. The largest absolute Gasteiger partial charge is 0.497 e. The number of benzene rings is 1. The van der Waals surface area contributed by atoms with Gasteiger partial charge in [-0.15, -0.1) is 11.3 Å². The van der Waals surface area contributed by atoms with E-state index in [0.717, 1.165) is 37.5 Å². The van der Waals surface area contributed by atoms with Crippen LogP contribution in [0.25, 0.3) is 5.69 Å². The van der Waals surface area contributed by atoms with Crippen molar-refractivity contribution >= 4 is 23.6 Å². The molecule has 1 aliphatic rings. The van der Waals surface area contributed by atoms with Gasteiger partial charge in [0.15, 0.2) is 6.67 Å². The Morgan fingerprint density at radius 2 is 2.08 bits per heavy atom. The highest BCUT2D eigenvalue weighted by molar-refractivity contribution is 7.71. The van der Waals surface area contributed by atoms with Gasteiger partial charge in [0.25, 0.3) is 0 Å². The molecular weight excluding hydrogens is 366 g/mol. The number of aromatic nitrogens is 4. The monoisotopic (exact) mass is 388 g/mol. The number of ether oxygens (including phenoxy) is 1. The molecular formula is C18H22N5OS2+. The second-order valence-electron chi connectivity index (χ2n) is 6.45. The van der Waals surface area contributed by atoms with Gasteiger partial charge >= 0.3 is 0 Å². The van der Waals surface area contributed by atoms with Crippen molar-refractivity contribution in [1.82, 2.24) is 19.8 Å². The number of tetrazole rings is 1. The molecule has 0 fully saturated rings. The fourth-order valence-corrected chi connectivity index (χ4v) is 4.87. The van der Waals surface area contributed by atoms with Gasteiger partial charge in [0.2, 0.25) is 4.77 Å². The second-order valence-corrected chi connectivity index (χ2v) is 7.81. The van der Waals surface area contributed by atoms with Crippen LogP contribution in [0.1, 0.15) is 29.8 Å². The van der Waals surface area contributed by atoms with Crippen LogP contribution in [-0.4, -0.2) is 33.4 Å². The van der Waals surface area contributed by atoms with E-state index >= 15 is 0 Å². The van der Waals surface area contributed by atoms with Crippen molar-refractivity contribution in [3.8, 4) is 11.4 Å². The molecule has 0 aliphatic carbocycles. The highest BCUT2D eigenvalue weighted by Gasteiger charge is 2.31. The zero-order chi connectivity index (χ0) is 18.1. The van der Waals surface area contributed by atoms with Crippen molar-refractivity contribution in [3.05, 3.63) is 50.9 Å². The van der Waals surface area contributed by atoms with E-state index in [9.17, 15) is 0 Å². The number of hydrogen-bond donors (Lipinski definition) is 1. The normalized spacial score (nSPS) is 19.3. The topological polar surface area (TPSA) is 49.3 Å². The minimum absolute atomic E-state index is 0.498. The van der Waals surface area contributed by atoms with Crippen LogP contribution in [0.4, 0.5) is 0 Å². The molecule has 6 nitrogen and oxygen atoms in total. The fraction of sp³-hybridized carbons (Fsp3) is 0.389. The molecule has 0 spiro atoms. The molecule has 0 saturated heterocycles. The Kier molecular flexibility index (Phi) is 4.88. The number of quaternary nitrogens is 1. The highest BCUT2D eigenvalue weighted by atomic mass is 32.1. The van der Waals surface area contributed by atoms with E-state index in [0.29, 0.717) is 10.8 Å². The first-order chi connectivity index (χ1) is 12.7. The minimum Gasteiger partial charge on any atom is -0.497 e. The van der Waals surface area contributed by atoms with Gasteiger partial charge in [-0.3, -0.25) is 0 Å². The lowest BCUT2D eigenvalue weighted by Gasteiger charge is -2.31. The number of nitrogens with one attached hydrogen (secondary N) is 1. The Bertz CT molecular complexity index is 943. The summed E-state index contributed by atoms with van der Waals surface area (Å²) in [7, 11) is 1.65. The van der Waals surface area contributed by atoms with Crippen molar-refractivity contribution in [2.24, 2.45) is 0 Å². The molecule has 3 aromatic rings. The van der Waals surface area contributed by atoms with Crippen LogP contribution in [-0.2, 0) is 13.1 Å². The maximum absolute atomic E-state index is 5.63. The average Bonchev–Trinajstić information content (AvgIpc) is 3.29. The maximum Gasteiger partial charge on any atom is 0.225 e. The van der Waals surface area contributed by atoms with Gasteiger partial charge in [0.1, 0.15) is 11.8 Å². The summed E-state index contributed by atoms with van der Waals surface area (Å²) in [4.78, 5) is 3.03. The molecule has 136 valence electrons. The van der Waals surface area contributed by atoms with Crippen LogP contribution < -0.4 is 9.64 Å². The molecule has 8 heteroatoms. The van der Waals surface area contributed by atoms with Crippen LogP contribution in [0.2, 0.25) is 0 Å². The first kappa shape index (κ1) is 17.4. The standard InChI is InChI=1S/C18H21N5OS2/c1-3-16-15-9-11-26-17(15)8-10-21(16)12-22-18(25)23(20-19-22)13-4-6-14(24-2)7-5-13/h4-7,9,11,16H,3,8,10,12H2,1-2H3/p+1/t16-/m0/s1. The third-order valence-corrected chi connectivity index (χ3v) is 6.42. The van der Waals surface area contributed by atoms with E-state index in [2.05, 4.69) is 28.8 Å². The third kappa shape index (κ3) is 3.08. The van der Waals surface area contributed by atoms with E-state index in [1.54, 1.807) is 11.8 Å². The van der Waals surface area contributed by atoms with E-state index in [4.69, 9.17) is 17.0 Å². The quantitative estimate of drug-likeness (QED) is 0.682. The molecule has 1 aliphatic heterocycles. The van der Waals surface area contributed by atoms with Crippen LogP contribution in [0.5, 0.6) is 5.75 Å². The Morgan fingerprint density at radius 1 is 1.27 bits per heavy atom. The lowest BCUT2D eigenvalue weighted by atomic mass is 9.98. The summed E-state index contributed by atoms with van der Waals surface area (Å²) in [5.41, 5.74) is 2.38. The molecule has 2 aromatic heterocycles. The number of rotatable bonds is 5. The molecule has 0 bridgehead atoms. The predicted octanol–water partition coefficient (Wildman–Crippen LogP) is 2.42. The average molecular weight is 389 g/mol. The molecule has 3 heterocycles. The van der Waals surface area contributed by atoms with Crippen molar-refractivity contribution < 1.29 is 9.64 Å². The zero-order valence-electron chi connectivity index (χ0n) is 14.9. The minimum atomic E-state index is 0.498. The maximum atomic E-state index is 5.63. The van der Waals surface area contributed by atoms with Crippen molar-refractivity contribution in [3.63, 3.8) is 0 Å². The van der Waals surface area contributed by atoms with E-state index in [-0.39, 0.29) is 0 Å². The number of nitrogens with zero attached hydrogens (tertiary/aromatic N) is 4. The summed E-state index contributed by atoms with van der Waals surface area (Å²) >= 11 is 7.51. The number of hydrogen-bond acceptors (Lipinski definition) is 5. The Balaban J connectivity index is 1.58. The van der Waals surface area contributed by atoms with Gasteiger partial charge in [-0.05, 0) is 58.4 Å². The summed E-state index contributed by atoms with van der Waals surface area (Å²) in [6.45, 7) is 4.09. The van der Waals surface area contributed by atoms with E-state index < -0.39 is 0 Å². The molecule has 4 rings (SSSR count). The molecule has 0 radical (unpaired) electrons. The zero-order valence-corrected chi connectivity index (χ0v) is 16.5. The number of thiophene rings is 1. The van der Waals surface area contributed by atoms with Gasteiger partial charge < -0.3 is 9.64 Å². The third-order valence-electron chi connectivity index (χ3n) is 5.04. The van der Waals surface area contributed by atoms with Gasteiger partial charge in [-0.2, -0.15) is 9.36 Å². The molecule has 26 heavy (non-hydrogen) atoms. The molecule has 0 amide bonds. The Labute approximate surface area is 161 Å². The summed E-state index contributed by atoms with van der Waals surface area (Å²) in [5.74, 6) is 0.808. The van der Waals surface area contributed by atoms with Gasteiger partial charge in [0.05, 0.1) is 19.3 Å². The smallest absolute Gasteiger partial charge is 0.225 e. The second kappa shape index (κ2) is 7.30. The molecule has 1 unspecified atom stereocenters. The number of methoxy groups -OCH3 is 1. The van der Waals surface area contributed by atoms with Crippen LogP contribution >= 0.6 is 23.6 Å². The van der Waals surface area contributed by atoms with Crippen LogP contribution in [0.3, 0.4) is 0 Å². The summed E-state index contributed by atoms with van der Waals surface area (Å²) < 4.78 is 9.37. The van der Waals surface area contributed by atoms with E-state index in [1.807, 2.05) is 40.3 Å². The van der Waals surface area contributed by atoms with Crippen LogP contribution in [0, 0.1) is 4.77 Å². The van der Waals surface area contributed by atoms with Gasteiger partial charge in [0, 0.05) is 23.3 Å². The SMILES string of the molecule is CC[C@H]1c2ccsc2CC[NH+]1Cn1nnn(-c2ccc(OC)cc2)c1=S. The fourth-order valence-electron chi connectivity index (χ4n) is 3.68. The molecule has 0 saturated carbocycles. The van der Waals surface area contributed by atoms with Crippen molar-refractivity contribution in [2.75, 3.05) is 13.7 Å². The Hall–Kier alpha value is -2.03. The van der Waals surface area contributed by atoms with Gasteiger partial charge in [-0.25, -0.2) is 0 Å². The molecule has 2 atom stereocenters. The molecule has 1 N–H and O–H groups in total. The predicted molar refractivity (Wildman–Crippen MR) is 104 cm³/mol. The molecule has 1 aromatic carbocycles. The number of fused-ring (bicyclic) bond motifs is 1. The lowest BCUT2D eigenvalue weighted by molar-refractivity contribution is -0.956. The van der Waals surface area contributed by atoms with Crippen molar-refractivity contribution in [1.29, 1.82) is 0 Å². The summed E-state index contributed by atoms with van der Waals surface area (Å²) in [5, 5.41) is 10.8. The Morgan fingerprint density at radius 3 is 2.81 bits per heavy atom. The van der Waals surface area contributed by atoms with Crippen molar-refractivity contribution in [2.45, 2.75) is 32.5 Å². The lowest BCUT2D eigenvalue weighted by Crippen LogP contribution is -3.12. The summed E-state index contributed by atoms with van der Waals surface area (Å²) in [6, 6.07) is 10.5.